The van der Waals surface area contributed by atoms with Crippen molar-refractivity contribution in [1.29, 1.82) is 0 Å². The summed E-state index contributed by atoms with van der Waals surface area (Å²) >= 11 is 1.80. The highest BCUT2D eigenvalue weighted by atomic mass is 32.1. The summed E-state index contributed by atoms with van der Waals surface area (Å²) in [6.07, 6.45) is -5.08. The van der Waals surface area contributed by atoms with Gasteiger partial charge in [-0.25, -0.2) is 9.18 Å². The summed E-state index contributed by atoms with van der Waals surface area (Å²) in [5.74, 6) is -3.19. The lowest BCUT2D eigenvalue weighted by molar-refractivity contribution is -0.192. The highest BCUT2D eigenvalue weighted by molar-refractivity contribution is 7.11. The smallest absolute Gasteiger partial charge is 0.475 e. The maximum atomic E-state index is 13.3. The first-order valence-electron chi connectivity index (χ1n) is 10.3. The van der Waals surface area contributed by atoms with Gasteiger partial charge in [0.05, 0.1) is 19.8 Å². The molecule has 1 atom stereocenters. The van der Waals surface area contributed by atoms with E-state index < -0.39 is 17.7 Å². The van der Waals surface area contributed by atoms with Crippen LogP contribution in [-0.2, 0) is 25.6 Å². The van der Waals surface area contributed by atoms with E-state index in [0.717, 1.165) is 13.1 Å². The number of hydrogen-bond acceptors (Lipinski definition) is 6. The van der Waals surface area contributed by atoms with Crippen molar-refractivity contribution in [3.8, 4) is 0 Å². The number of thiophene rings is 1. The van der Waals surface area contributed by atoms with Crippen LogP contribution in [0.4, 0.5) is 23.2 Å². The quantitative estimate of drug-likeness (QED) is 0.646. The SMILES string of the molecule is Cc1ccc(CN2CCOCC3(C2)CN(c2ccc(F)cc2)C(=O)CO3)s1.O=C(O)C(F)(F)F. The number of anilines is 1. The molecule has 0 aliphatic carbocycles. The number of hydrogen-bond donors (Lipinski definition) is 1. The van der Waals surface area contributed by atoms with Crippen LogP contribution in [0, 0.1) is 12.7 Å². The lowest BCUT2D eigenvalue weighted by atomic mass is 10.0. The summed E-state index contributed by atoms with van der Waals surface area (Å²) in [6, 6.07) is 10.3. The maximum absolute atomic E-state index is 13.3. The number of carboxylic acid groups (broad SMARTS) is 1. The van der Waals surface area contributed by atoms with Gasteiger partial charge in [0.15, 0.2) is 0 Å². The first-order chi connectivity index (χ1) is 16.0. The van der Waals surface area contributed by atoms with Gasteiger partial charge in [-0.15, -0.1) is 11.3 Å². The number of benzene rings is 1. The van der Waals surface area contributed by atoms with Gasteiger partial charge in [0, 0.05) is 35.1 Å². The van der Waals surface area contributed by atoms with Crippen LogP contribution >= 0.6 is 11.3 Å². The number of aliphatic carboxylic acids is 1. The van der Waals surface area contributed by atoms with Crippen LogP contribution in [0.15, 0.2) is 36.4 Å². The third-order valence-electron chi connectivity index (χ3n) is 5.23. The molecule has 12 heteroatoms. The number of carboxylic acids is 1. The van der Waals surface area contributed by atoms with Gasteiger partial charge in [-0.05, 0) is 43.3 Å². The van der Waals surface area contributed by atoms with E-state index in [9.17, 15) is 22.4 Å². The molecule has 0 bridgehead atoms. The van der Waals surface area contributed by atoms with Crippen LogP contribution in [0.3, 0.4) is 0 Å². The van der Waals surface area contributed by atoms with Gasteiger partial charge < -0.3 is 19.5 Å². The third kappa shape index (κ3) is 6.98. The summed E-state index contributed by atoms with van der Waals surface area (Å²) in [7, 11) is 0. The molecule has 1 aromatic heterocycles. The Bertz CT molecular complexity index is 998. The van der Waals surface area contributed by atoms with Crippen molar-refractivity contribution in [3.05, 3.63) is 52.0 Å². The number of ether oxygens (including phenoxy) is 2. The summed E-state index contributed by atoms with van der Waals surface area (Å²) in [5, 5.41) is 7.12. The van der Waals surface area contributed by atoms with E-state index in [2.05, 4.69) is 24.0 Å². The molecule has 2 aliphatic rings. The van der Waals surface area contributed by atoms with E-state index in [-0.39, 0.29) is 18.3 Å². The second-order valence-corrected chi connectivity index (χ2v) is 9.38. The van der Waals surface area contributed by atoms with E-state index in [4.69, 9.17) is 19.4 Å². The normalized spacial score (nSPS) is 21.7. The number of aryl methyl sites for hydroxylation is 1. The second kappa shape index (κ2) is 10.8. The minimum Gasteiger partial charge on any atom is -0.475 e. The average Bonchev–Trinajstić information content (AvgIpc) is 3.07. The Labute approximate surface area is 197 Å². The van der Waals surface area contributed by atoms with E-state index in [1.165, 1.54) is 21.9 Å². The predicted octanol–water partition coefficient (Wildman–Crippen LogP) is 3.46. The molecule has 1 unspecified atom stereocenters. The van der Waals surface area contributed by atoms with E-state index in [1.54, 1.807) is 28.4 Å². The molecule has 1 amide bonds. The van der Waals surface area contributed by atoms with Gasteiger partial charge >= 0.3 is 12.1 Å². The molecule has 3 heterocycles. The Balaban J connectivity index is 0.000000406. The molecule has 4 rings (SSSR count). The van der Waals surface area contributed by atoms with Crippen LogP contribution < -0.4 is 4.90 Å². The van der Waals surface area contributed by atoms with Crippen molar-refractivity contribution in [1.82, 2.24) is 4.90 Å². The van der Waals surface area contributed by atoms with Crippen molar-refractivity contribution in [2.24, 2.45) is 0 Å². The zero-order valence-electron chi connectivity index (χ0n) is 18.3. The van der Waals surface area contributed by atoms with Crippen LogP contribution in [0.25, 0.3) is 0 Å². The summed E-state index contributed by atoms with van der Waals surface area (Å²) in [6.45, 7) is 5.96. The minimum absolute atomic E-state index is 0.00663. The van der Waals surface area contributed by atoms with Crippen LogP contribution in [0.2, 0.25) is 0 Å². The fourth-order valence-electron chi connectivity index (χ4n) is 3.66. The molecule has 2 aliphatic heterocycles. The fraction of sp³-hybridized carbons (Fsp3) is 0.455. The van der Waals surface area contributed by atoms with Crippen molar-refractivity contribution in [2.45, 2.75) is 25.2 Å². The summed E-state index contributed by atoms with van der Waals surface area (Å²) < 4.78 is 56.9. The average molecular weight is 505 g/mol. The minimum atomic E-state index is -5.08. The summed E-state index contributed by atoms with van der Waals surface area (Å²) in [5.41, 5.74) is 0.110. The first-order valence-corrected chi connectivity index (χ1v) is 11.1. The molecule has 0 radical (unpaired) electrons. The predicted molar refractivity (Wildman–Crippen MR) is 116 cm³/mol. The second-order valence-electron chi connectivity index (χ2n) is 8.01. The standard InChI is InChI=1S/C20H23FN2O3S.C2HF3O2/c1-15-2-7-18(27-15)10-22-8-9-25-14-20(12-22)13-23(19(24)11-26-20)17-5-3-16(21)4-6-17;3-2(4,5)1(6)7/h2-7H,8-14H2,1H3;(H,6,7). The number of carbonyl (C=O) groups excluding carboxylic acids is 1. The third-order valence-corrected chi connectivity index (χ3v) is 6.22. The van der Waals surface area contributed by atoms with Crippen molar-refractivity contribution in [3.63, 3.8) is 0 Å². The van der Waals surface area contributed by atoms with Gasteiger partial charge in [0.2, 0.25) is 0 Å². The van der Waals surface area contributed by atoms with Gasteiger partial charge in [-0.1, -0.05) is 0 Å². The first kappa shape index (κ1) is 26.1. The molecule has 1 aromatic carbocycles. The number of amides is 1. The highest BCUT2D eigenvalue weighted by Gasteiger charge is 2.43. The van der Waals surface area contributed by atoms with E-state index >= 15 is 0 Å². The molecule has 1 N–H and O–H groups in total. The number of halogens is 4. The Kier molecular flexibility index (Phi) is 8.29. The van der Waals surface area contributed by atoms with Crippen molar-refractivity contribution >= 4 is 28.9 Å². The van der Waals surface area contributed by atoms with Gasteiger partial charge in [-0.2, -0.15) is 13.2 Å². The van der Waals surface area contributed by atoms with Crippen LogP contribution in [0.5, 0.6) is 0 Å². The maximum Gasteiger partial charge on any atom is 0.490 e. The number of carbonyl (C=O) groups is 2. The Morgan fingerprint density at radius 2 is 1.85 bits per heavy atom. The number of nitrogens with zero attached hydrogens (tertiary/aromatic N) is 2. The van der Waals surface area contributed by atoms with Gasteiger partial charge in [0.25, 0.3) is 5.91 Å². The molecule has 7 nitrogen and oxygen atoms in total. The fourth-order valence-corrected chi connectivity index (χ4v) is 4.60. The molecule has 2 saturated heterocycles. The molecule has 0 saturated carbocycles. The molecule has 34 heavy (non-hydrogen) atoms. The van der Waals surface area contributed by atoms with Crippen molar-refractivity contribution < 1.29 is 41.7 Å². The van der Waals surface area contributed by atoms with E-state index in [0.29, 0.717) is 32.0 Å². The zero-order chi connectivity index (χ0) is 24.9. The number of morpholine rings is 1. The largest absolute Gasteiger partial charge is 0.490 e. The number of alkyl halides is 3. The lowest BCUT2D eigenvalue weighted by Crippen LogP contribution is -2.60. The highest BCUT2D eigenvalue weighted by Crippen LogP contribution is 2.28. The van der Waals surface area contributed by atoms with Gasteiger partial charge in [0.1, 0.15) is 18.0 Å². The molecule has 1 spiro atoms. The number of rotatable bonds is 3. The molecular formula is C22H24F4N2O5S. The summed E-state index contributed by atoms with van der Waals surface area (Å²) in [4.78, 5) is 27.9. The Morgan fingerprint density at radius 1 is 1.18 bits per heavy atom. The molecule has 2 aromatic rings. The Hall–Kier alpha value is -2.54. The van der Waals surface area contributed by atoms with Gasteiger partial charge in [-0.3, -0.25) is 9.69 Å². The monoisotopic (exact) mass is 504 g/mol. The zero-order valence-corrected chi connectivity index (χ0v) is 19.1. The molecule has 2 fully saturated rings. The Morgan fingerprint density at radius 3 is 2.44 bits per heavy atom. The lowest BCUT2D eigenvalue weighted by Gasteiger charge is -2.43. The van der Waals surface area contributed by atoms with E-state index in [1.807, 2.05) is 0 Å². The molecule has 186 valence electrons. The van der Waals surface area contributed by atoms with Crippen LogP contribution in [0.1, 0.15) is 9.75 Å². The molecular weight excluding hydrogens is 480 g/mol. The topological polar surface area (TPSA) is 79.3 Å². The van der Waals surface area contributed by atoms with Crippen LogP contribution in [-0.4, -0.2) is 73.1 Å². The van der Waals surface area contributed by atoms with Crippen molar-refractivity contribution in [2.75, 3.05) is 44.4 Å².